The summed E-state index contributed by atoms with van der Waals surface area (Å²) in [6.45, 7) is 2.26. The number of nitrogens with one attached hydrogen (secondary N) is 1. The first kappa shape index (κ1) is 17.9. The fourth-order valence-corrected chi connectivity index (χ4v) is 3.74. The maximum atomic E-state index is 12.6. The average Bonchev–Trinajstić information content (AvgIpc) is 3.12. The van der Waals surface area contributed by atoms with Crippen LogP contribution in [-0.2, 0) is 16.6 Å². The van der Waals surface area contributed by atoms with Crippen LogP contribution in [0.4, 0.5) is 0 Å². The second-order valence-electron chi connectivity index (χ2n) is 5.94. The van der Waals surface area contributed by atoms with Gasteiger partial charge < -0.3 is 0 Å². The Bertz CT molecular complexity index is 1020. The van der Waals surface area contributed by atoms with E-state index in [2.05, 4.69) is 9.82 Å². The van der Waals surface area contributed by atoms with E-state index in [0.717, 1.165) is 11.1 Å². The van der Waals surface area contributed by atoms with E-state index in [-0.39, 0.29) is 4.90 Å². The summed E-state index contributed by atoms with van der Waals surface area (Å²) in [6.07, 6.45) is 2.86. The van der Waals surface area contributed by atoms with E-state index in [4.69, 9.17) is 5.26 Å². The Balaban J connectivity index is 1.72. The summed E-state index contributed by atoms with van der Waals surface area (Å²) in [7, 11) is -3.69. The minimum atomic E-state index is -3.69. The van der Waals surface area contributed by atoms with Gasteiger partial charge in [0.25, 0.3) is 0 Å². The molecule has 0 aliphatic rings. The maximum absolute atomic E-state index is 12.6. The maximum Gasteiger partial charge on any atom is 0.244 e. The van der Waals surface area contributed by atoms with Gasteiger partial charge in [-0.15, -0.1) is 0 Å². The zero-order chi connectivity index (χ0) is 18.6. The van der Waals surface area contributed by atoms with Gasteiger partial charge in [0, 0.05) is 12.2 Å². The van der Waals surface area contributed by atoms with E-state index in [1.807, 2.05) is 36.4 Å². The molecule has 0 spiro atoms. The van der Waals surface area contributed by atoms with Gasteiger partial charge in [-0.25, -0.2) is 13.1 Å². The molecular weight excluding hydrogens is 348 g/mol. The molecule has 1 aromatic heterocycles. The lowest BCUT2D eigenvalue weighted by Crippen LogP contribution is -2.26. The normalized spacial score (nSPS) is 12.5. The molecule has 0 radical (unpaired) electrons. The van der Waals surface area contributed by atoms with Gasteiger partial charge in [0.15, 0.2) is 0 Å². The van der Waals surface area contributed by atoms with E-state index in [1.165, 1.54) is 12.4 Å². The summed E-state index contributed by atoms with van der Waals surface area (Å²) in [5.74, 6) is 0. The van der Waals surface area contributed by atoms with E-state index >= 15 is 0 Å². The van der Waals surface area contributed by atoms with Crippen LogP contribution in [-0.4, -0.2) is 18.2 Å². The summed E-state index contributed by atoms with van der Waals surface area (Å²) in [5, 5.41) is 13.0. The Kier molecular flexibility index (Phi) is 5.16. The van der Waals surface area contributed by atoms with Gasteiger partial charge in [-0.05, 0) is 30.2 Å². The molecule has 0 bridgehead atoms. The van der Waals surface area contributed by atoms with Crippen molar-refractivity contribution >= 4 is 10.0 Å². The second kappa shape index (κ2) is 7.52. The molecule has 2 aromatic carbocycles. The fraction of sp³-hybridized carbons (Fsp3) is 0.158. The molecule has 0 saturated carbocycles. The van der Waals surface area contributed by atoms with Crippen molar-refractivity contribution in [3.05, 3.63) is 83.7 Å². The van der Waals surface area contributed by atoms with Crippen LogP contribution < -0.4 is 4.72 Å². The molecule has 7 heteroatoms. The summed E-state index contributed by atoms with van der Waals surface area (Å²) in [6, 6.07) is 18.1. The highest BCUT2D eigenvalue weighted by Crippen LogP contribution is 2.17. The zero-order valence-electron chi connectivity index (χ0n) is 14.2. The van der Waals surface area contributed by atoms with Gasteiger partial charge in [-0.1, -0.05) is 42.5 Å². The van der Waals surface area contributed by atoms with Crippen LogP contribution in [0.1, 0.15) is 29.7 Å². The topological polar surface area (TPSA) is 87.8 Å². The van der Waals surface area contributed by atoms with Crippen LogP contribution >= 0.6 is 0 Å². The van der Waals surface area contributed by atoms with Crippen molar-refractivity contribution in [3.8, 4) is 6.07 Å². The van der Waals surface area contributed by atoms with Crippen molar-refractivity contribution in [2.45, 2.75) is 24.4 Å². The molecular formula is C19H18N4O2S. The third-order valence-electron chi connectivity index (χ3n) is 3.98. The van der Waals surface area contributed by atoms with E-state index in [1.54, 1.807) is 35.9 Å². The van der Waals surface area contributed by atoms with Crippen LogP contribution in [0.3, 0.4) is 0 Å². The van der Waals surface area contributed by atoms with Gasteiger partial charge in [-0.2, -0.15) is 10.4 Å². The summed E-state index contributed by atoms with van der Waals surface area (Å²) in [4.78, 5) is 0.119. The standard InChI is InChI=1S/C19H18N4O2S/c1-15(18-9-7-16(11-20)8-10-18)22-26(24,25)19-12-21-23(14-19)13-17-5-3-2-4-6-17/h2-10,12,14-15,22H,13H2,1H3/t15-/m1/s1. The molecule has 6 nitrogen and oxygen atoms in total. The fourth-order valence-electron chi connectivity index (χ4n) is 2.56. The van der Waals surface area contributed by atoms with Gasteiger partial charge in [0.2, 0.25) is 10.0 Å². The lowest BCUT2D eigenvalue weighted by molar-refractivity contribution is 0.566. The number of benzene rings is 2. The predicted molar refractivity (Wildman–Crippen MR) is 97.7 cm³/mol. The number of nitriles is 1. The number of hydrogen-bond acceptors (Lipinski definition) is 4. The largest absolute Gasteiger partial charge is 0.267 e. The molecule has 3 rings (SSSR count). The van der Waals surface area contributed by atoms with Gasteiger partial charge in [0.05, 0.1) is 24.4 Å². The molecule has 1 atom stereocenters. The first-order chi connectivity index (χ1) is 12.5. The van der Waals surface area contributed by atoms with Crippen molar-refractivity contribution in [3.63, 3.8) is 0 Å². The van der Waals surface area contributed by atoms with Crippen molar-refractivity contribution in [1.29, 1.82) is 5.26 Å². The third kappa shape index (κ3) is 4.17. The monoisotopic (exact) mass is 366 g/mol. The molecule has 0 aliphatic heterocycles. The van der Waals surface area contributed by atoms with E-state index in [0.29, 0.717) is 12.1 Å². The molecule has 0 fully saturated rings. The Morgan fingerprint density at radius 2 is 1.85 bits per heavy atom. The first-order valence-electron chi connectivity index (χ1n) is 8.07. The Hall–Kier alpha value is -2.95. The average molecular weight is 366 g/mol. The van der Waals surface area contributed by atoms with Crippen LogP contribution in [0.2, 0.25) is 0 Å². The highest BCUT2D eigenvalue weighted by atomic mass is 32.2. The Morgan fingerprint density at radius 3 is 2.50 bits per heavy atom. The molecule has 1 heterocycles. The van der Waals surface area contributed by atoms with Gasteiger partial charge >= 0.3 is 0 Å². The Labute approximate surface area is 152 Å². The quantitative estimate of drug-likeness (QED) is 0.727. The second-order valence-corrected chi connectivity index (χ2v) is 7.65. The molecule has 132 valence electrons. The van der Waals surface area contributed by atoms with Crippen LogP contribution in [0, 0.1) is 11.3 Å². The highest BCUT2D eigenvalue weighted by molar-refractivity contribution is 7.89. The minimum Gasteiger partial charge on any atom is -0.267 e. The molecule has 1 N–H and O–H groups in total. The van der Waals surface area contributed by atoms with Gasteiger partial charge in [0.1, 0.15) is 4.90 Å². The summed E-state index contributed by atoms with van der Waals surface area (Å²) < 4.78 is 29.4. The highest BCUT2D eigenvalue weighted by Gasteiger charge is 2.20. The number of sulfonamides is 1. The SMILES string of the molecule is C[C@@H](NS(=O)(=O)c1cnn(Cc2ccccc2)c1)c1ccc(C#N)cc1. The van der Waals surface area contributed by atoms with Gasteiger partial charge in [-0.3, -0.25) is 4.68 Å². The van der Waals surface area contributed by atoms with Crippen molar-refractivity contribution < 1.29 is 8.42 Å². The first-order valence-corrected chi connectivity index (χ1v) is 9.55. The third-order valence-corrected chi connectivity index (χ3v) is 5.47. The zero-order valence-corrected chi connectivity index (χ0v) is 15.0. The van der Waals surface area contributed by atoms with Crippen molar-refractivity contribution in [1.82, 2.24) is 14.5 Å². The summed E-state index contributed by atoms with van der Waals surface area (Å²) in [5.41, 5.74) is 2.36. The molecule has 26 heavy (non-hydrogen) atoms. The van der Waals surface area contributed by atoms with Crippen LogP contribution in [0.5, 0.6) is 0 Å². The number of aromatic nitrogens is 2. The minimum absolute atomic E-state index is 0.119. The van der Waals surface area contributed by atoms with E-state index < -0.39 is 16.1 Å². The lowest BCUT2D eigenvalue weighted by Gasteiger charge is -2.13. The van der Waals surface area contributed by atoms with Crippen LogP contribution in [0.15, 0.2) is 71.9 Å². The smallest absolute Gasteiger partial charge is 0.244 e. The predicted octanol–water partition coefficient (Wildman–Crippen LogP) is 2.84. The summed E-state index contributed by atoms with van der Waals surface area (Å²) >= 11 is 0. The van der Waals surface area contributed by atoms with E-state index in [9.17, 15) is 8.42 Å². The lowest BCUT2D eigenvalue weighted by atomic mass is 10.1. The van der Waals surface area contributed by atoms with Crippen molar-refractivity contribution in [2.24, 2.45) is 0 Å². The molecule has 0 saturated heterocycles. The number of nitrogens with zero attached hydrogens (tertiary/aromatic N) is 3. The van der Waals surface area contributed by atoms with Crippen LogP contribution in [0.25, 0.3) is 0 Å². The number of rotatable bonds is 6. The number of hydrogen-bond donors (Lipinski definition) is 1. The Morgan fingerprint density at radius 1 is 1.15 bits per heavy atom. The molecule has 0 unspecified atom stereocenters. The molecule has 0 aliphatic carbocycles. The molecule has 3 aromatic rings. The molecule has 0 amide bonds. The van der Waals surface area contributed by atoms with Crippen molar-refractivity contribution in [2.75, 3.05) is 0 Å².